The molecule has 2 heterocycles. The quantitative estimate of drug-likeness (QED) is 0.609. The van der Waals surface area contributed by atoms with E-state index in [1.165, 1.54) is 20.2 Å². The Bertz CT molecular complexity index is 895. The van der Waals surface area contributed by atoms with E-state index in [1.807, 2.05) is 0 Å². The van der Waals surface area contributed by atoms with Gasteiger partial charge in [-0.1, -0.05) is 11.6 Å². The number of carbonyl (C=O) groups is 2. The van der Waals surface area contributed by atoms with Gasteiger partial charge in [0.25, 0.3) is 0 Å². The number of ketones is 1. The number of esters is 1. The maximum atomic E-state index is 12.8. The van der Waals surface area contributed by atoms with E-state index in [0.29, 0.717) is 39.6 Å². The Morgan fingerprint density at radius 2 is 2.04 bits per heavy atom. The molecule has 1 aromatic heterocycles. The Balaban J connectivity index is 2.16. The van der Waals surface area contributed by atoms with Crippen molar-refractivity contribution >= 4 is 29.1 Å². The highest BCUT2D eigenvalue weighted by atomic mass is 35.5. The Morgan fingerprint density at radius 1 is 1.28 bits per heavy atom. The van der Waals surface area contributed by atoms with Gasteiger partial charge in [0, 0.05) is 42.4 Å². The second-order valence-corrected chi connectivity index (χ2v) is 5.97. The summed E-state index contributed by atoms with van der Waals surface area (Å²) in [5.74, 6) is -0.285. The molecule has 0 amide bonds. The first-order chi connectivity index (χ1) is 11.9. The number of pyridine rings is 1. The standard InChI is InChI=1S/C18H15ClN2O4/c1-9-14-13(7-12(19)17(9)24-3)21-15(18(14)25-10(2)22)16(23)11-5-4-6-20-8-11/h4-6,8H,7H2,1-3H3. The number of allylic oxidation sites excluding steroid dienone is 4. The first-order valence-electron chi connectivity index (χ1n) is 7.53. The molecular formula is C18H15ClN2O4. The van der Waals surface area contributed by atoms with Crippen molar-refractivity contribution in [1.29, 1.82) is 0 Å². The molecule has 0 spiro atoms. The fourth-order valence-electron chi connectivity index (χ4n) is 2.84. The smallest absolute Gasteiger partial charge is 0.308 e. The molecule has 0 radical (unpaired) electrons. The van der Waals surface area contributed by atoms with Gasteiger partial charge in [0.1, 0.15) is 5.76 Å². The average molecular weight is 359 g/mol. The Morgan fingerprint density at radius 3 is 2.64 bits per heavy atom. The number of aliphatic imine (C=N–C) groups is 1. The largest absolute Gasteiger partial charge is 0.495 e. The third-order valence-corrected chi connectivity index (χ3v) is 4.16. The SMILES string of the molecule is COC1=C(Cl)CC2=NC(C(=O)c3cccnc3)=C(OC(C)=O)C2=C1C. The predicted octanol–water partition coefficient (Wildman–Crippen LogP) is 3.31. The molecule has 25 heavy (non-hydrogen) atoms. The minimum Gasteiger partial charge on any atom is -0.495 e. The number of aromatic nitrogens is 1. The van der Waals surface area contributed by atoms with Crippen molar-refractivity contribution in [1.82, 2.24) is 4.98 Å². The van der Waals surface area contributed by atoms with E-state index in [0.717, 1.165) is 0 Å². The van der Waals surface area contributed by atoms with Gasteiger partial charge in [-0.25, -0.2) is 4.99 Å². The van der Waals surface area contributed by atoms with Crippen molar-refractivity contribution in [3.63, 3.8) is 0 Å². The molecule has 0 aromatic carbocycles. The molecule has 1 aromatic rings. The minimum atomic E-state index is -0.539. The molecule has 1 aliphatic heterocycles. The van der Waals surface area contributed by atoms with Crippen molar-refractivity contribution in [3.8, 4) is 0 Å². The molecule has 0 N–H and O–H groups in total. The predicted molar refractivity (Wildman–Crippen MR) is 92.0 cm³/mol. The van der Waals surface area contributed by atoms with Crippen molar-refractivity contribution in [2.75, 3.05) is 7.11 Å². The zero-order valence-electron chi connectivity index (χ0n) is 13.9. The number of methoxy groups -OCH3 is 1. The molecule has 0 unspecified atom stereocenters. The van der Waals surface area contributed by atoms with Crippen LogP contribution in [0.2, 0.25) is 0 Å². The van der Waals surface area contributed by atoms with Crippen LogP contribution in [0.3, 0.4) is 0 Å². The van der Waals surface area contributed by atoms with E-state index >= 15 is 0 Å². The van der Waals surface area contributed by atoms with E-state index in [1.54, 1.807) is 25.3 Å². The number of halogens is 1. The molecule has 0 saturated carbocycles. The van der Waals surface area contributed by atoms with Gasteiger partial charge in [-0.05, 0) is 19.1 Å². The maximum Gasteiger partial charge on any atom is 0.308 e. The zero-order chi connectivity index (χ0) is 18.1. The molecule has 7 heteroatoms. The minimum absolute atomic E-state index is 0.0642. The highest BCUT2D eigenvalue weighted by molar-refractivity contribution is 6.34. The summed E-state index contributed by atoms with van der Waals surface area (Å²) in [6, 6.07) is 3.28. The van der Waals surface area contributed by atoms with Gasteiger partial charge in [-0.2, -0.15) is 0 Å². The van der Waals surface area contributed by atoms with Crippen LogP contribution in [-0.2, 0) is 14.3 Å². The summed E-state index contributed by atoms with van der Waals surface area (Å²) in [5, 5.41) is 0.486. The van der Waals surface area contributed by atoms with Crippen molar-refractivity contribution in [2.45, 2.75) is 20.3 Å². The van der Waals surface area contributed by atoms with E-state index in [9.17, 15) is 9.59 Å². The second-order valence-electron chi connectivity index (χ2n) is 5.52. The fraction of sp³-hybridized carbons (Fsp3) is 0.222. The number of ether oxygens (including phenoxy) is 2. The van der Waals surface area contributed by atoms with Gasteiger partial charge in [-0.15, -0.1) is 0 Å². The third kappa shape index (κ3) is 3.00. The Labute approximate surface area is 149 Å². The van der Waals surface area contributed by atoms with Crippen LogP contribution in [-0.4, -0.2) is 29.6 Å². The summed E-state index contributed by atoms with van der Waals surface area (Å²) in [5.41, 5.74) is 2.24. The van der Waals surface area contributed by atoms with Gasteiger partial charge < -0.3 is 9.47 Å². The molecule has 0 bridgehead atoms. The lowest BCUT2D eigenvalue weighted by atomic mass is 9.94. The van der Waals surface area contributed by atoms with Crippen LogP contribution in [0.15, 0.2) is 62.9 Å². The van der Waals surface area contributed by atoms with Crippen LogP contribution >= 0.6 is 11.6 Å². The number of rotatable bonds is 4. The molecule has 3 rings (SSSR count). The Hall–Kier alpha value is -2.73. The molecule has 128 valence electrons. The monoisotopic (exact) mass is 358 g/mol. The lowest BCUT2D eigenvalue weighted by Gasteiger charge is -2.20. The van der Waals surface area contributed by atoms with Crippen molar-refractivity contribution in [2.24, 2.45) is 4.99 Å². The maximum absolute atomic E-state index is 12.8. The number of hydrogen-bond acceptors (Lipinski definition) is 6. The lowest BCUT2D eigenvalue weighted by Crippen LogP contribution is -2.15. The topological polar surface area (TPSA) is 77.8 Å². The summed E-state index contributed by atoms with van der Waals surface area (Å²) in [6.07, 6.45) is 3.31. The molecule has 0 saturated heterocycles. The summed E-state index contributed by atoms with van der Waals surface area (Å²) >= 11 is 6.26. The van der Waals surface area contributed by atoms with Crippen LogP contribution in [0, 0.1) is 0 Å². The van der Waals surface area contributed by atoms with Crippen LogP contribution < -0.4 is 0 Å². The van der Waals surface area contributed by atoms with Crippen LogP contribution in [0.25, 0.3) is 0 Å². The average Bonchev–Trinajstić information content (AvgIpc) is 2.93. The Kier molecular flexibility index (Phi) is 4.55. The second kappa shape index (κ2) is 6.64. The van der Waals surface area contributed by atoms with Gasteiger partial charge in [-0.3, -0.25) is 14.6 Å². The first kappa shape index (κ1) is 17.1. The van der Waals surface area contributed by atoms with Crippen molar-refractivity contribution in [3.05, 3.63) is 63.5 Å². The zero-order valence-corrected chi connectivity index (χ0v) is 14.7. The normalized spacial score (nSPS) is 16.7. The van der Waals surface area contributed by atoms with E-state index in [4.69, 9.17) is 21.1 Å². The highest BCUT2D eigenvalue weighted by Crippen LogP contribution is 2.40. The van der Waals surface area contributed by atoms with E-state index in [-0.39, 0.29) is 17.2 Å². The van der Waals surface area contributed by atoms with Crippen molar-refractivity contribution < 1.29 is 19.1 Å². The molecular weight excluding hydrogens is 344 g/mol. The molecule has 0 atom stereocenters. The summed E-state index contributed by atoms with van der Waals surface area (Å²) in [4.78, 5) is 32.7. The highest BCUT2D eigenvalue weighted by Gasteiger charge is 2.36. The molecule has 6 nitrogen and oxygen atoms in total. The van der Waals surface area contributed by atoms with Gasteiger partial charge in [0.05, 0.1) is 17.9 Å². The summed E-state index contributed by atoms with van der Waals surface area (Å²) < 4.78 is 10.7. The number of carbonyl (C=O) groups excluding carboxylic acids is 2. The summed E-state index contributed by atoms with van der Waals surface area (Å²) in [7, 11) is 1.51. The fourth-order valence-corrected chi connectivity index (χ4v) is 3.19. The number of hydrogen-bond donors (Lipinski definition) is 0. The summed E-state index contributed by atoms with van der Waals surface area (Å²) in [6.45, 7) is 3.06. The number of fused-ring (bicyclic) bond motifs is 1. The van der Waals surface area contributed by atoms with E-state index in [2.05, 4.69) is 9.98 Å². The third-order valence-electron chi connectivity index (χ3n) is 3.85. The van der Waals surface area contributed by atoms with Crippen LogP contribution in [0.4, 0.5) is 0 Å². The molecule has 2 aliphatic rings. The lowest BCUT2D eigenvalue weighted by molar-refractivity contribution is -0.136. The molecule has 0 fully saturated rings. The van der Waals surface area contributed by atoms with Gasteiger partial charge in [0.15, 0.2) is 11.5 Å². The number of nitrogens with zero attached hydrogens (tertiary/aromatic N) is 2. The number of Topliss-reactive ketones (excluding diaryl/α,β-unsaturated/α-hetero) is 1. The molecule has 1 aliphatic carbocycles. The van der Waals surface area contributed by atoms with Crippen LogP contribution in [0.1, 0.15) is 30.6 Å². The van der Waals surface area contributed by atoms with E-state index < -0.39 is 5.97 Å². The van der Waals surface area contributed by atoms with Gasteiger partial charge >= 0.3 is 5.97 Å². The first-order valence-corrected chi connectivity index (χ1v) is 7.91. The van der Waals surface area contributed by atoms with Gasteiger partial charge in [0.2, 0.25) is 5.78 Å². The van der Waals surface area contributed by atoms with Crippen LogP contribution in [0.5, 0.6) is 0 Å².